The van der Waals surface area contributed by atoms with Gasteiger partial charge in [-0.25, -0.2) is 4.79 Å². The van der Waals surface area contributed by atoms with Gasteiger partial charge in [0, 0.05) is 18.2 Å². The van der Waals surface area contributed by atoms with Gasteiger partial charge < -0.3 is 24.8 Å². The Bertz CT molecular complexity index is 462. The van der Waals surface area contributed by atoms with Crippen molar-refractivity contribution in [3.63, 3.8) is 0 Å². The van der Waals surface area contributed by atoms with Gasteiger partial charge in [-0.2, -0.15) is 0 Å². The zero-order valence-electron chi connectivity index (χ0n) is 14.0. The molecule has 0 aliphatic heterocycles. The molecule has 124 valence electrons. The Morgan fingerprint density at radius 1 is 1.00 bits per heavy atom. The second-order valence-electron chi connectivity index (χ2n) is 4.85. The van der Waals surface area contributed by atoms with Crippen molar-refractivity contribution in [1.82, 2.24) is 5.32 Å². The van der Waals surface area contributed by atoms with E-state index in [1.807, 2.05) is 34.6 Å². The molecular formula is C16H26N2O4. The predicted octanol–water partition coefficient (Wildman–Crippen LogP) is 3.41. The number of benzene rings is 1. The molecule has 0 saturated heterocycles. The Labute approximate surface area is 132 Å². The second kappa shape index (κ2) is 9.02. The van der Waals surface area contributed by atoms with Crippen molar-refractivity contribution in [2.75, 3.05) is 25.1 Å². The molecule has 0 spiro atoms. The number of nitrogens with one attached hydrogen (secondary N) is 2. The minimum Gasteiger partial charge on any atom is -0.490 e. The summed E-state index contributed by atoms with van der Waals surface area (Å²) in [6.45, 7) is 11.0. The van der Waals surface area contributed by atoms with Crippen LogP contribution in [0.4, 0.5) is 10.5 Å². The van der Waals surface area contributed by atoms with Crippen LogP contribution in [0.1, 0.15) is 34.6 Å². The molecule has 1 rings (SSSR count). The summed E-state index contributed by atoms with van der Waals surface area (Å²) in [7, 11) is 0. The Balaban J connectivity index is 3.09. The molecule has 2 amide bonds. The zero-order chi connectivity index (χ0) is 16.5. The van der Waals surface area contributed by atoms with Crippen LogP contribution in [0.3, 0.4) is 0 Å². The topological polar surface area (TPSA) is 68.8 Å². The lowest BCUT2D eigenvalue weighted by Crippen LogP contribution is -2.34. The third-order valence-corrected chi connectivity index (χ3v) is 2.59. The molecule has 22 heavy (non-hydrogen) atoms. The van der Waals surface area contributed by atoms with Gasteiger partial charge in [-0.05, 0) is 34.6 Å². The van der Waals surface area contributed by atoms with Crippen molar-refractivity contribution in [2.24, 2.45) is 0 Å². The van der Waals surface area contributed by atoms with Crippen LogP contribution >= 0.6 is 0 Å². The summed E-state index contributed by atoms with van der Waals surface area (Å²) in [5.41, 5.74) is 0.591. The van der Waals surface area contributed by atoms with E-state index in [0.717, 1.165) is 0 Å². The summed E-state index contributed by atoms with van der Waals surface area (Å²) in [6, 6.07) is 3.25. The molecule has 0 unspecified atom stereocenters. The number of anilines is 1. The quantitative estimate of drug-likeness (QED) is 0.772. The first-order valence-corrected chi connectivity index (χ1v) is 7.65. The standard InChI is InChI=1S/C16H26N2O4/c1-6-20-13-9-12(18-16(19)17-11(4)5)10-14(21-7-2)15(13)22-8-3/h9-11H,6-8H2,1-5H3,(H2,17,18,19). The monoisotopic (exact) mass is 310 g/mol. The minimum atomic E-state index is -0.274. The Morgan fingerprint density at radius 3 is 1.91 bits per heavy atom. The molecule has 0 bridgehead atoms. The van der Waals surface area contributed by atoms with Crippen LogP contribution in [0.2, 0.25) is 0 Å². The van der Waals surface area contributed by atoms with Crippen molar-refractivity contribution < 1.29 is 19.0 Å². The highest BCUT2D eigenvalue weighted by Gasteiger charge is 2.16. The lowest BCUT2D eigenvalue weighted by Gasteiger charge is -2.18. The third-order valence-electron chi connectivity index (χ3n) is 2.59. The first-order chi connectivity index (χ1) is 10.5. The third kappa shape index (κ3) is 5.35. The van der Waals surface area contributed by atoms with Crippen molar-refractivity contribution >= 4 is 11.7 Å². The van der Waals surface area contributed by atoms with Gasteiger partial charge in [0.1, 0.15) is 0 Å². The first-order valence-electron chi connectivity index (χ1n) is 7.65. The number of amides is 2. The fraction of sp³-hybridized carbons (Fsp3) is 0.562. The molecule has 0 saturated carbocycles. The number of carbonyl (C=O) groups excluding carboxylic acids is 1. The molecule has 6 nitrogen and oxygen atoms in total. The highest BCUT2D eigenvalue weighted by Crippen LogP contribution is 2.40. The van der Waals surface area contributed by atoms with Crippen LogP contribution in [0.25, 0.3) is 0 Å². The van der Waals surface area contributed by atoms with Gasteiger partial charge >= 0.3 is 6.03 Å². The smallest absolute Gasteiger partial charge is 0.319 e. The van der Waals surface area contributed by atoms with Gasteiger partial charge in [-0.1, -0.05) is 0 Å². The lowest BCUT2D eigenvalue weighted by atomic mass is 10.2. The molecule has 0 fully saturated rings. The first kappa shape index (κ1) is 17.9. The molecule has 0 aliphatic rings. The number of carbonyl (C=O) groups is 1. The van der Waals surface area contributed by atoms with E-state index in [1.165, 1.54) is 0 Å². The maximum absolute atomic E-state index is 11.8. The SMILES string of the molecule is CCOc1cc(NC(=O)NC(C)C)cc(OCC)c1OCC. The summed E-state index contributed by atoms with van der Waals surface area (Å²) in [4.78, 5) is 11.8. The molecule has 0 atom stereocenters. The number of urea groups is 1. The molecule has 1 aromatic carbocycles. The Hall–Kier alpha value is -2.11. The van der Waals surface area contributed by atoms with Crippen LogP contribution in [0.15, 0.2) is 12.1 Å². The maximum atomic E-state index is 11.8. The molecule has 2 N–H and O–H groups in total. The van der Waals surface area contributed by atoms with Crippen LogP contribution in [0, 0.1) is 0 Å². The summed E-state index contributed by atoms with van der Waals surface area (Å²) >= 11 is 0. The lowest BCUT2D eigenvalue weighted by molar-refractivity contribution is 0.249. The number of hydrogen-bond donors (Lipinski definition) is 2. The van der Waals surface area contributed by atoms with Gasteiger partial charge in [0.05, 0.1) is 25.5 Å². The van der Waals surface area contributed by atoms with Crippen LogP contribution in [0.5, 0.6) is 17.2 Å². The van der Waals surface area contributed by atoms with Gasteiger partial charge in [-0.15, -0.1) is 0 Å². The molecule has 1 aromatic rings. The van der Waals surface area contributed by atoms with Gasteiger partial charge in [0.2, 0.25) is 5.75 Å². The molecule has 0 aromatic heterocycles. The average Bonchev–Trinajstić information content (AvgIpc) is 2.42. The van der Waals surface area contributed by atoms with E-state index in [-0.39, 0.29) is 12.1 Å². The van der Waals surface area contributed by atoms with Crippen LogP contribution < -0.4 is 24.8 Å². The summed E-state index contributed by atoms with van der Waals surface area (Å²) in [6.07, 6.45) is 0. The second-order valence-corrected chi connectivity index (χ2v) is 4.85. The number of ether oxygens (including phenoxy) is 3. The molecule has 0 heterocycles. The Morgan fingerprint density at radius 2 is 1.50 bits per heavy atom. The van der Waals surface area contributed by atoms with E-state index in [2.05, 4.69) is 10.6 Å². The largest absolute Gasteiger partial charge is 0.490 e. The summed E-state index contributed by atoms with van der Waals surface area (Å²) in [5, 5.41) is 5.55. The number of hydrogen-bond acceptors (Lipinski definition) is 4. The Kier molecular flexibility index (Phi) is 7.36. The van der Waals surface area contributed by atoms with E-state index < -0.39 is 0 Å². The molecule has 0 aliphatic carbocycles. The maximum Gasteiger partial charge on any atom is 0.319 e. The molecular weight excluding hydrogens is 284 g/mol. The minimum absolute atomic E-state index is 0.0559. The van der Waals surface area contributed by atoms with Crippen molar-refractivity contribution in [1.29, 1.82) is 0 Å². The zero-order valence-corrected chi connectivity index (χ0v) is 14.0. The summed E-state index contributed by atoms with van der Waals surface area (Å²) in [5.74, 6) is 1.66. The van der Waals surface area contributed by atoms with Crippen molar-refractivity contribution in [2.45, 2.75) is 40.7 Å². The van der Waals surface area contributed by atoms with Crippen molar-refractivity contribution in [3.05, 3.63) is 12.1 Å². The summed E-state index contributed by atoms with van der Waals surface area (Å²) < 4.78 is 16.8. The highest BCUT2D eigenvalue weighted by atomic mass is 16.5. The van der Waals surface area contributed by atoms with E-state index in [4.69, 9.17) is 14.2 Å². The van der Waals surface area contributed by atoms with Crippen LogP contribution in [-0.4, -0.2) is 31.9 Å². The van der Waals surface area contributed by atoms with E-state index in [0.29, 0.717) is 42.8 Å². The van der Waals surface area contributed by atoms with Gasteiger partial charge in [0.25, 0.3) is 0 Å². The van der Waals surface area contributed by atoms with E-state index >= 15 is 0 Å². The normalized spacial score (nSPS) is 10.3. The van der Waals surface area contributed by atoms with E-state index in [1.54, 1.807) is 12.1 Å². The fourth-order valence-corrected chi connectivity index (χ4v) is 1.89. The predicted molar refractivity (Wildman–Crippen MR) is 87.2 cm³/mol. The van der Waals surface area contributed by atoms with Crippen molar-refractivity contribution in [3.8, 4) is 17.2 Å². The molecule has 0 radical (unpaired) electrons. The van der Waals surface area contributed by atoms with E-state index in [9.17, 15) is 4.79 Å². The van der Waals surface area contributed by atoms with Gasteiger partial charge in [-0.3, -0.25) is 0 Å². The molecule has 6 heteroatoms. The average molecular weight is 310 g/mol. The number of rotatable bonds is 8. The van der Waals surface area contributed by atoms with Gasteiger partial charge in [0.15, 0.2) is 11.5 Å². The fourth-order valence-electron chi connectivity index (χ4n) is 1.89. The highest BCUT2D eigenvalue weighted by molar-refractivity contribution is 5.90. The van der Waals surface area contributed by atoms with Crippen LogP contribution in [-0.2, 0) is 0 Å².